The van der Waals surface area contributed by atoms with Crippen LogP contribution in [-0.2, 0) is 0 Å². The van der Waals surface area contributed by atoms with Gasteiger partial charge in [-0.3, -0.25) is 0 Å². The molecule has 6 N–H and O–H groups in total. The molecule has 0 saturated heterocycles. The zero-order valence-corrected chi connectivity index (χ0v) is 10.7. The molecule has 7 nitrogen and oxygen atoms in total. The van der Waals surface area contributed by atoms with Crippen molar-refractivity contribution in [2.75, 3.05) is 23.7 Å². The van der Waals surface area contributed by atoms with E-state index in [9.17, 15) is 0 Å². The molecule has 0 aromatic carbocycles. The van der Waals surface area contributed by atoms with Crippen molar-refractivity contribution in [3.05, 3.63) is 5.28 Å². The fourth-order valence-corrected chi connectivity index (χ4v) is 1.17. The van der Waals surface area contributed by atoms with E-state index < -0.39 is 0 Å². The minimum absolute atomic E-state index is 0.00557. The summed E-state index contributed by atoms with van der Waals surface area (Å²) in [6.07, 6.45) is 0. The van der Waals surface area contributed by atoms with Gasteiger partial charge in [-0.05, 0) is 25.4 Å². The van der Waals surface area contributed by atoms with Crippen LogP contribution in [0.3, 0.4) is 0 Å². The maximum absolute atomic E-state index is 5.78. The molecular weight excluding hydrogens is 242 g/mol. The van der Waals surface area contributed by atoms with E-state index >= 15 is 0 Å². The number of anilines is 2. The van der Waals surface area contributed by atoms with Gasteiger partial charge in [0.15, 0.2) is 0 Å². The topological polar surface area (TPSA) is 115 Å². The van der Waals surface area contributed by atoms with Crippen LogP contribution in [0.2, 0.25) is 5.28 Å². The lowest BCUT2D eigenvalue weighted by Crippen LogP contribution is -2.27. The van der Waals surface area contributed by atoms with Gasteiger partial charge in [0, 0.05) is 25.2 Å². The second-order valence-corrected chi connectivity index (χ2v) is 4.31. The Morgan fingerprint density at radius 3 is 1.76 bits per heavy atom. The van der Waals surface area contributed by atoms with Crippen molar-refractivity contribution in [1.29, 1.82) is 0 Å². The maximum Gasteiger partial charge on any atom is 0.228 e. The molecule has 2 unspecified atom stereocenters. The molecular formula is C9H18ClN7. The Morgan fingerprint density at radius 1 is 1.00 bits per heavy atom. The number of rotatable bonds is 6. The number of nitrogens with one attached hydrogen (secondary N) is 2. The zero-order chi connectivity index (χ0) is 12.8. The molecule has 0 bridgehead atoms. The molecule has 1 aromatic heterocycles. The highest BCUT2D eigenvalue weighted by Crippen LogP contribution is 2.09. The normalized spacial score (nSPS) is 14.2. The highest BCUT2D eigenvalue weighted by atomic mass is 35.5. The smallest absolute Gasteiger partial charge is 0.228 e. The molecule has 0 radical (unpaired) electrons. The molecule has 0 amide bonds. The van der Waals surface area contributed by atoms with E-state index in [2.05, 4.69) is 25.6 Å². The average molecular weight is 260 g/mol. The molecule has 1 aromatic rings. The SMILES string of the molecule is CC(N)CNc1nc(Cl)nc(NCC(C)N)n1. The molecule has 0 aliphatic heterocycles. The standard InChI is InChI=1S/C9H18ClN7/c1-5(11)3-13-8-15-7(10)16-9(17-8)14-4-6(2)12/h5-6H,3-4,11-12H2,1-2H3,(H2,13,14,15,16,17). The minimum atomic E-state index is 0.00557. The van der Waals surface area contributed by atoms with Crippen molar-refractivity contribution in [3.63, 3.8) is 0 Å². The summed E-state index contributed by atoms with van der Waals surface area (Å²) in [5.41, 5.74) is 11.2. The first-order valence-electron chi connectivity index (χ1n) is 5.38. The van der Waals surface area contributed by atoms with Gasteiger partial charge in [0.1, 0.15) is 0 Å². The van der Waals surface area contributed by atoms with Gasteiger partial charge < -0.3 is 22.1 Å². The van der Waals surface area contributed by atoms with Crippen molar-refractivity contribution in [3.8, 4) is 0 Å². The Kier molecular flexibility index (Phi) is 5.33. The predicted octanol–water partition coefficient (Wildman–Crippen LogP) is 0.0432. The van der Waals surface area contributed by atoms with Gasteiger partial charge in [-0.1, -0.05) is 0 Å². The van der Waals surface area contributed by atoms with Crippen LogP contribution in [0.25, 0.3) is 0 Å². The van der Waals surface area contributed by atoms with Crippen molar-refractivity contribution in [2.24, 2.45) is 11.5 Å². The van der Waals surface area contributed by atoms with Gasteiger partial charge in [0.25, 0.3) is 0 Å². The quantitative estimate of drug-likeness (QED) is 0.570. The number of hydrogen-bond acceptors (Lipinski definition) is 7. The van der Waals surface area contributed by atoms with E-state index in [0.29, 0.717) is 25.0 Å². The second kappa shape index (κ2) is 6.53. The van der Waals surface area contributed by atoms with Gasteiger partial charge in [0.2, 0.25) is 17.2 Å². The summed E-state index contributed by atoms with van der Waals surface area (Å²) in [5, 5.41) is 6.06. The van der Waals surface area contributed by atoms with Crippen molar-refractivity contribution in [2.45, 2.75) is 25.9 Å². The Bertz CT molecular complexity index is 325. The van der Waals surface area contributed by atoms with Gasteiger partial charge in [-0.2, -0.15) is 15.0 Å². The summed E-state index contributed by atoms with van der Waals surface area (Å²) in [6, 6.07) is 0.0111. The van der Waals surface area contributed by atoms with Crippen molar-refractivity contribution >= 4 is 23.5 Å². The predicted molar refractivity (Wildman–Crippen MR) is 69.1 cm³/mol. The van der Waals surface area contributed by atoms with Gasteiger partial charge in [-0.25, -0.2) is 0 Å². The summed E-state index contributed by atoms with van der Waals surface area (Å²) in [6.45, 7) is 4.89. The summed E-state index contributed by atoms with van der Waals surface area (Å²) >= 11 is 5.78. The third-order valence-electron chi connectivity index (χ3n) is 1.77. The summed E-state index contributed by atoms with van der Waals surface area (Å²) in [5.74, 6) is 0.795. The molecule has 0 spiro atoms. The van der Waals surface area contributed by atoms with Crippen LogP contribution >= 0.6 is 11.6 Å². The molecule has 1 heterocycles. The molecule has 8 heteroatoms. The summed E-state index contributed by atoms with van der Waals surface area (Å²) in [7, 11) is 0. The fourth-order valence-electron chi connectivity index (χ4n) is 1.01. The Balaban J connectivity index is 2.65. The van der Waals surface area contributed by atoms with E-state index in [1.165, 1.54) is 0 Å². The Hall–Kier alpha value is -1.18. The molecule has 0 fully saturated rings. The molecule has 0 aliphatic carbocycles. The average Bonchev–Trinajstić information content (AvgIpc) is 2.23. The highest BCUT2D eigenvalue weighted by Gasteiger charge is 2.05. The van der Waals surface area contributed by atoms with E-state index in [1.807, 2.05) is 13.8 Å². The number of nitrogens with zero attached hydrogens (tertiary/aromatic N) is 3. The fraction of sp³-hybridized carbons (Fsp3) is 0.667. The van der Waals surface area contributed by atoms with E-state index in [0.717, 1.165) is 0 Å². The number of hydrogen-bond donors (Lipinski definition) is 4. The molecule has 2 atom stereocenters. The van der Waals surface area contributed by atoms with E-state index in [4.69, 9.17) is 23.1 Å². The zero-order valence-electron chi connectivity index (χ0n) is 9.94. The van der Waals surface area contributed by atoms with Crippen LogP contribution in [0.4, 0.5) is 11.9 Å². The first-order valence-corrected chi connectivity index (χ1v) is 5.75. The monoisotopic (exact) mass is 259 g/mol. The van der Waals surface area contributed by atoms with E-state index in [-0.39, 0.29) is 17.4 Å². The first-order chi connectivity index (χ1) is 7.97. The number of halogens is 1. The largest absolute Gasteiger partial charge is 0.352 e. The first kappa shape index (κ1) is 13.9. The molecule has 0 aliphatic rings. The minimum Gasteiger partial charge on any atom is -0.352 e. The molecule has 1 rings (SSSR count). The third-order valence-corrected chi connectivity index (χ3v) is 1.94. The maximum atomic E-state index is 5.78. The Labute approximate surface area is 105 Å². The van der Waals surface area contributed by atoms with Crippen LogP contribution in [0.15, 0.2) is 0 Å². The van der Waals surface area contributed by atoms with Crippen LogP contribution in [0, 0.1) is 0 Å². The Morgan fingerprint density at radius 2 is 1.41 bits per heavy atom. The number of aromatic nitrogens is 3. The van der Waals surface area contributed by atoms with Crippen LogP contribution in [0.5, 0.6) is 0 Å². The number of nitrogens with two attached hydrogens (primary N) is 2. The molecule has 0 saturated carbocycles. The summed E-state index contributed by atoms with van der Waals surface area (Å²) < 4.78 is 0. The lowest BCUT2D eigenvalue weighted by atomic mass is 10.4. The van der Waals surface area contributed by atoms with Gasteiger partial charge in [-0.15, -0.1) is 0 Å². The van der Waals surface area contributed by atoms with Gasteiger partial charge >= 0.3 is 0 Å². The second-order valence-electron chi connectivity index (χ2n) is 3.97. The highest BCUT2D eigenvalue weighted by molar-refractivity contribution is 6.28. The molecule has 17 heavy (non-hydrogen) atoms. The van der Waals surface area contributed by atoms with E-state index in [1.54, 1.807) is 0 Å². The van der Waals surface area contributed by atoms with Crippen LogP contribution in [0.1, 0.15) is 13.8 Å². The third kappa shape index (κ3) is 5.62. The molecule has 96 valence electrons. The van der Waals surface area contributed by atoms with Crippen LogP contribution in [-0.4, -0.2) is 40.1 Å². The van der Waals surface area contributed by atoms with Crippen molar-refractivity contribution in [1.82, 2.24) is 15.0 Å². The lowest BCUT2D eigenvalue weighted by Gasteiger charge is -2.10. The summed E-state index contributed by atoms with van der Waals surface area (Å²) in [4.78, 5) is 12.0. The van der Waals surface area contributed by atoms with Crippen LogP contribution < -0.4 is 22.1 Å². The van der Waals surface area contributed by atoms with Crippen molar-refractivity contribution < 1.29 is 0 Å². The van der Waals surface area contributed by atoms with Gasteiger partial charge in [0.05, 0.1) is 0 Å². The lowest BCUT2D eigenvalue weighted by molar-refractivity contribution is 0.764.